The van der Waals surface area contributed by atoms with Crippen LogP contribution in [0.2, 0.25) is 0 Å². The zero-order valence-corrected chi connectivity index (χ0v) is 16.8. The second-order valence-electron chi connectivity index (χ2n) is 7.47. The zero-order valence-electron chi connectivity index (χ0n) is 16.8. The van der Waals surface area contributed by atoms with Gasteiger partial charge in [-0.25, -0.2) is 14.4 Å². The molecule has 1 fully saturated rings. The van der Waals surface area contributed by atoms with Gasteiger partial charge in [0, 0.05) is 6.54 Å². The number of alkyl carbamates (subject to hydrolysis) is 1. The number of nitrogens with one attached hydrogen (secondary N) is 1. The Morgan fingerprint density at radius 1 is 1.14 bits per heavy atom. The molecule has 0 aliphatic carbocycles. The summed E-state index contributed by atoms with van der Waals surface area (Å²) in [5.41, 5.74) is 0.151. The van der Waals surface area contributed by atoms with Crippen molar-refractivity contribution in [2.75, 3.05) is 13.2 Å². The van der Waals surface area contributed by atoms with Crippen LogP contribution in [0.4, 0.5) is 9.59 Å². The van der Waals surface area contributed by atoms with E-state index in [9.17, 15) is 14.4 Å². The third kappa shape index (κ3) is 6.14. The normalized spacial score (nSPS) is 19.1. The SMILES string of the molecule is CCOC(=O)[C@H]1[C@@H](NC(=O)OCc2ccccc2)CCN1C(=O)OC(C)(C)C. The van der Waals surface area contributed by atoms with E-state index in [1.807, 2.05) is 30.3 Å². The number of ether oxygens (including phenoxy) is 3. The summed E-state index contributed by atoms with van der Waals surface area (Å²) >= 11 is 0. The van der Waals surface area contributed by atoms with Gasteiger partial charge in [0.2, 0.25) is 0 Å². The van der Waals surface area contributed by atoms with Crippen LogP contribution in [0.25, 0.3) is 0 Å². The molecule has 1 aliphatic heterocycles. The predicted molar refractivity (Wildman–Crippen MR) is 102 cm³/mol. The Balaban J connectivity index is 2.02. The van der Waals surface area contributed by atoms with Gasteiger partial charge >= 0.3 is 18.2 Å². The van der Waals surface area contributed by atoms with E-state index >= 15 is 0 Å². The maximum atomic E-state index is 12.5. The summed E-state index contributed by atoms with van der Waals surface area (Å²) < 4.78 is 15.7. The quantitative estimate of drug-likeness (QED) is 0.612. The first-order valence-electron chi connectivity index (χ1n) is 9.34. The number of hydrogen-bond donors (Lipinski definition) is 1. The molecule has 28 heavy (non-hydrogen) atoms. The van der Waals surface area contributed by atoms with Crippen LogP contribution >= 0.6 is 0 Å². The fourth-order valence-electron chi connectivity index (χ4n) is 2.90. The van der Waals surface area contributed by atoms with Crippen LogP contribution in [0.5, 0.6) is 0 Å². The van der Waals surface area contributed by atoms with E-state index < -0.39 is 35.8 Å². The van der Waals surface area contributed by atoms with Crippen molar-refractivity contribution in [3.63, 3.8) is 0 Å². The van der Waals surface area contributed by atoms with Crippen LogP contribution in [-0.4, -0.2) is 53.9 Å². The average Bonchev–Trinajstić information content (AvgIpc) is 3.03. The lowest BCUT2D eigenvalue weighted by Crippen LogP contribution is -2.52. The van der Waals surface area contributed by atoms with E-state index in [2.05, 4.69) is 5.32 Å². The molecule has 0 saturated carbocycles. The van der Waals surface area contributed by atoms with Crippen molar-refractivity contribution in [3.8, 4) is 0 Å². The van der Waals surface area contributed by atoms with Gasteiger partial charge in [-0.3, -0.25) is 4.90 Å². The molecule has 0 bridgehead atoms. The highest BCUT2D eigenvalue weighted by Crippen LogP contribution is 2.23. The highest BCUT2D eigenvalue weighted by molar-refractivity contribution is 5.84. The Hall–Kier alpha value is -2.77. The Morgan fingerprint density at radius 3 is 2.43 bits per heavy atom. The number of carbonyl (C=O) groups is 3. The van der Waals surface area contributed by atoms with E-state index in [-0.39, 0.29) is 19.8 Å². The summed E-state index contributed by atoms with van der Waals surface area (Å²) in [5, 5.41) is 2.67. The minimum atomic E-state index is -0.959. The van der Waals surface area contributed by atoms with E-state index in [1.165, 1.54) is 4.90 Å². The molecule has 0 spiro atoms. The third-order valence-corrected chi connectivity index (χ3v) is 4.07. The number of nitrogens with zero attached hydrogens (tertiary/aromatic N) is 1. The molecule has 1 aliphatic rings. The van der Waals surface area contributed by atoms with Crippen LogP contribution < -0.4 is 5.32 Å². The van der Waals surface area contributed by atoms with Crippen molar-refractivity contribution in [3.05, 3.63) is 35.9 Å². The maximum absolute atomic E-state index is 12.5. The zero-order chi connectivity index (χ0) is 20.7. The molecule has 0 radical (unpaired) electrons. The maximum Gasteiger partial charge on any atom is 0.411 e. The monoisotopic (exact) mass is 392 g/mol. The lowest BCUT2D eigenvalue weighted by molar-refractivity contribution is -0.148. The lowest BCUT2D eigenvalue weighted by atomic mass is 10.1. The van der Waals surface area contributed by atoms with Gasteiger partial charge in [0.25, 0.3) is 0 Å². The van der Waals surface area contributed by atoms with Crippen LogP contribution in [0, 0.1) is 0 Å². The van der Waals surface area contributed by atoms with Crippen LogP contribution in [-0.2, 0) is 25.6 Å². The Kier molecular flexibility index (Phi) is 7.25. The largest absolute Gasteiger partial charge is 0.464 e. The number of carbonyl (C=O) groups excluding carboxylic acids is 3. The number of benzene rings is 1. The van der Waals surface area contributed by atoms with Crippen LogP contribution in [0.15, 0.2) is 30.3 Å². The number of esters is 1. The highest BCUT2D eigenvalue weighted by Gasteiger charge is 2.45. The minimum Gasteiger partial charge on any atom is -0.464 e. The fourth-order valence-corrected chi connectivity index (χ4v) is 2.90. The smallest absolute Gasteiger partial charge is 0.411 e. The lowest BCUT2D eigenvalue weighted by Gasteiger charge is -2.29. The van der Waals surface area contributed by atoms with Gasteiger partial charge in [-0.2, -0.15) is 0 Å². The molecule has 154 valence electrons. The molecule has 2 amide bonds. The van der Waals surface area contributed by atoms with Crippen molar-refractivity contribution in [2.24, 2.45) is 0 Å². The predicted octanol–water partition coefficient (Wildman–Crippen LogP) is 2.85. The summed E-state index contributed by atoms with van der Waals surface area (Å²) in [4.78, 5) is 38.4. The van der Waals surface area contributed by atoms with Gasteiger partial charge in [-0.05, 0) is 39.7 Å². The van der Waals surface area contributed by atoms with Gasteiger partial charge in [0.05, 0.1) is 12.6 Å². The molecule has 1 N–H and O–H groups in total. The van der Waals surface area contributed by atoms with E-state index in [0.29, 0.717) is 6.42 Å². The molecule has 1 saturated heterocycles. The van der Waals surface area contributed by atoms with Crippen molar-refractivity contribution in [2.45, 2.75) is 58.4 Å². The summed E-state index contributed by atoms with van der Waals surface area (Å²) in [6, 6.07) is 7.68. The Morgan fingerprint density at radius 2 is 1.82 bits per heavy atom. The fraction of sp³-hybridized carbons (Fsp3) is 0.550. The standard InChI is InChI=1S/C20H28N2O6/c1-5-26-17(23)16-15(11-12-22(16)19(25)28-20(2,3)4)21-18(24)27-13-14-9-7-6-8-10-14/h6-10,15-16H,5,11-13H2,1-4H3,(H,21,24)/t15-,16+/m0/s1. The second-order valence-corrected chi connectivity index (χ2v) is 7.47. The molecular formula is C20H28N2O6. The van der Waals surface area contributed by atoms with Crippen molar-refractivity contribution >= 4 is 18.2 Å². The third-order valence-electron chi connectivity index (χ3n) is 4.07. The number of likely N-dealkylation sites (tertiary alicyclic amines) is 1. The molecule has 8 nitrogen and oxygen atoms in total. The first-order valence-corrected chi connectivity index (χ1v) is 9.34. The Labute approximate surface area is 165 Å². The van der Waals surface area contributed by atoms with E-state index in [1.54, 1.807) is 27.7 Å². The highest BCUT2D eigenvalue weighted by atomic mass is 16.6. The van der Waals surface area contributed by atoms with Gasteiger partial charge < -0.3 is 19.5 Å². The van der Waals surface area contributed by atoms with Crippen molar-refractivity contribution in [1.82, 2.24) is 10.2 Å². The Bertz CT molecular complexity index is 686. The first kappa shape index (κ1) is 21.5. The molecule has 1 aromatic rings. The summed E-state index contributed by atoms with van der Waals surface area (Å²) in [6.07, 6.45) is -0.884. The minimum absolute atomic E-state index is 0.110. The second kappa shape index (κ2) is 9.43. The molecule has 0 unspecified atom stereocenters. The molecule has 1 heterocycles. The molecule has 0 aromatic heterocycles. The van der Waals surface area contributed by atoms with Crippen LogP contribution in [0.1, 0.15) is 39.7 Å². The van der Waals surface area contributed by atoms with Gasteiger partial charge in [0.1, 0.15) is 12.2 Å². The summed E-state index contributed by atoms with van der Waals surface area (Å²) in [5.74, 6) is -0.584. The summed E-state index contributed by atoms with van der Waals surface area (Å²) in [7, 11) is 0. The van der Waals surface area contributed by atoms with E-state index in [4.69, 9.17) is 14.2 Å². The number of amides is 2. The summed E-state index contributed by atoms with van der Waals surface area (Å²) in [6.45, 7) is 7.47. The van der Waals surface area contributed by atoms with Gasteiger partial charge in [-0.1, -0.05) is 30.3 Å². The molecular weight excluding hydrogens is 364 g/mol. The topological polar surface area (TPSA) is 94.2 Å². The van der Waals surface area contributed by atoms with Gasteiger partial charge in [-0.15, -0.1) is 0 Å². The number of rotatable bonds is 5. The average molecular weight is 392 g/mol. The van der Waals surface area contributed by atoms with Crippen molar-refractivity contribution < 1.29 is 28.6 Å². The van der Waals surface area contributed by atoms with Crippen LogP contribution in [0.3, 0.4) is 0 Å². The van der Waals surface area contributed by atoms with Gasteiger partial charge in [0.15, 0.2) is 6.04 Å². The van der Waals surface area contributed by atoms with E-state index in [0.717, 1.165) is 5.56 Å². The number of hydrogen-bond acceptors (Lipinski definition) is 6. The molecule has 2 atom stereocenters. The molecule has 1 aromatic carbocycles. The molecule has 2 rings (SSSR count). The molecule has 8 heteroatoms. The first-order chi connectivity index (χ1) is 13.2. The van der Waals surface area contributed by atoms with Crippen molar-refractivity contribution in [1.29, 1.82) is 0 Å².